The SMILES string of the molecule is CNC(=O)C[C@@H](Cc1ccc(F)cc1)NC(=O)c1cc(-c2ccc(CN[C@H](C)c3ccc(C)cc3)o2)ccc1Cl. The molecular weight excluding hydrogens is 529 g/mol. The second kappa shape index (κ2) is 13.4. The third-order valence-electron chi connectivity index (χ3n) is 6.76. The fraction of sp³-hybridized carbons (Fsp3) is 0.250. The van der Waals surface area contributed by atoms with Crippen molar-refractivity contribution in [3.05, 3.63) is 118 Å². The Morgan fingerprint density at radius 3 is 2.40 bits per heavy atom. The van der Waals surface area contributed by atoms with Crippen LogP contribution in [0.1, 0.15) is 52.2 Å². The van der Waals surface area contributed by atoms with E-state index >= 15 is 0 Å². The molecule has 40 heavy (non-hydrogen) atoms. The van der Waals surface area contributed by atoms with Gasteiger partial charge in [0.05, 0.1) is 17.1 Å². The maximum absolute atomic E-state index is 13.3. The lowest BCUT2D eigenvalue weighted by molar-refractivity contribution is -0.121. The summed E-state index contributed by atoms with van der Waals surface area (Å²) in [7, 11) is 1.54. The van der Waals surface area contributed by atoms with E-state index in [0.717, 1.165) is 11.3 Å². The normalized spacial score (nSPS) is 12.5. The van der Waals surface area contributed by atoms with Crippen molar-refractivity contribution < 1.29 is 18.4 Å². The number of hydrogen-bond acceptors (Lipinski definition) is 4. The Hall–Kier alpha value is -3.94. The Morgan fingerprint density at radius 2 is 1.70 bits per heavy atom. The molecule has 8 heteroatoms. The lowest BCUT2D eigenvalue weighted by Crippen LogP contribution is -2.40. The minimum Gasteiger partial charge on any atom is -0.460 e. The molecule has 0 radical (unpaired) electrons. The van der Waals surface area contributed by atoms with Crippen LogP contribution < -0.4 is 16.0 Å². The minimum absolute atomic E-state index is 0.0620. The zero-order valence-corrected chi connectivity index (χ0v) is 23.5. The quantitative estimate of drug-likeness (QED) is 0.198. The van der Waals surface area contributed by atoms with Crippen LogP contribution in [0, 0.1) is 12.7 Å². The summed E-state index contributed by atoms with van der Waals surface area (Å²) in [6.45, 7) is 4.71. The van der Waals surface area contributed by atoms with E-state index in [-0.39, 0.29) is 34.8 Å². The third kappa shape index (κ3) is 7.81. The number of aryl methyl sites for hydroxylation is 1. The van der Waals surface area contributed by atoms with Gasteiger partial charge in [-0.3, -0.25) is 9.59 Å². The minimum atomic E-state index is -0.519. The summed E-state index contributed by atoms with van der Waals surface area (Å²) in [4.78, 5) is 25.4. The molecule has 1 aromatic heterocycles. The number of rotatable bonds is 11. The van der Waals surface area contributed by atoms with Gasteiger partial charge >= 0.3 is 0 Å². The van der Waals surface area contributed by atoms with E-state index in [2.05, 4.69) is 54.1 Å². The predicted octanol–water partition coefficient (Wildman–Crippen LogP) is 6.38. The van der Waals surface area contributed by atoms with Crippen LogP contribution in [-0.4, -0.2) is 24.9 Å². The number of hydrogen-bond donors (Lipinski definition) is 3. The topological polar surface area (TPSA) is 83.4 Å². The number of carbonyl (C=O) groups excluding carboxylic acids is 2. The first-order valence-electron chi connectivity index (χ1n) is 13.2. The molecule has 6 nitrogen and oxygen atoms in total. The summed E-state index contributed by atoms with van der Waals surface area (Å²) < 4.78 is 19.4. The van der Waals surface area contributed by atoms with Crippen molar-refractivity contribution in [2.45, 2.75) is 45.3 Å². The van der Waals surface area contributed by atoms with Crippen LogP contribution in [-0.2, 0) is 17.8 Å². The Labute approximate surface area is 238 Å². The maximum atomic E-state index is 13.3. The average molecular weight is 562 g/mol. The monoisotopic (exact) mass is 561 g/mol. The van der Waals surface area contributed by atoms with Crippen LogP contribution in [0.25, 0.3) is 11.3 Å². The molecule has 0 unspecified atom stereocenters. The lowest BCUT2D eigenvalue weighted by Gasteiger charge is -2.19. The summed E-state index contributed by atoms with van der Waals surface area (Å²) in [5.41, 5.74) is 4.18. The first kappa shape index (κ1) is 29.1. The second-order valence-electron chi connectivity index (χ2n) is 9.85. The first-order valence-corrected chi connectivity index (χ1v) is 13.5. The molecule has 4 aromatic rings. The van der Waals surface area contributed by atoms with E-state index in [1.54, 1.807) is 30.3 Å². The molecule has 4 rings (SSSR count). The molecule has 0 saturated heterocycles. The standard InChI is InChI=1S/C32H33ClFN3O3/c1-20-4-8-23(9-5-20)21(2)36-19-27-13-15-30(40-27)24-10-14-29(33)28(17-24)32(39)37-26(18-31(38)35-3)16-22-6-11-25(34)12-7-22/h4-15,17,21,26,36H,16,18-19H2,1-3H3,(H,35,38)(H,37,39)/t21-,26-/m1/s1. The Bertz CT molecular complexity index is 1450. The molecule has 3 N–H and O–H groups in total. The van der Waals surface area contributed by atoms with Gasteiger partial charge in [0.15, 0.2) is 0 Å². The predicted molar refractivity (Wildman–Crippen MR) is 156 cm³/mol. The number of furan rings is 1. The summed E-state index contributed by atoms with van der Waals surface area (Å²) in [5, 5.41) is 9.25. The average Bonchev–Trinajstić information content (AvgIpc) is 3.42. The molecule has 0 aliphatic rings. The molecule has 0 aliphatic carbocycles. The highest BCUT2D eigenvalue weighted by molar-refractivity contribution is 6.34. The van der Waals surface area contributed by atoms with Gasteiger partial charge in [0.2, 0.25) is 5.91 Å². The molecule has 0 fully saturated rings. The lowest BCUT2D eigenvalue weighted by atomic mass is 10.0. The largest absolute Gasteiger partial charge is 0.460 e. The van der Waals surface area contributed by atoms with E-state index < -0.39 is 11.9 Å². The van der Waals surface area contributed by atoms with Crippen LogP contribution in [0.2, 0.25) is 5.02 Å². The van der Waals surface area contributed by atoms with Crippen LogP contribution in [0.3, 0.4) is 0 Å². The van der Waals surface area contributed by atoms with E-state index in [9.17, 15) is 14.0 Å². The molecule has 0 spiro atoms. The van der Waals surface area contributed by atoms with Crippen LogP contribution in [0.5, 0.6) is 0 Å². The Morgan fingerprint density at radius 1 is 0.975 bits per heavy atom. The number of amides is 2. The highest BCUT2D eigenvalue weighted by atomic mass is 35.5. The van der Waals surface area contributed by atoms with Gasteiger partial charge in [0.1, 0.15) is 17.3 Å². The molecule has 1 heterocycles. The summed E-state index contributed by atoms with van der Waals surface area (Å²) in [5.74, 6) is 0.388. The maximum Gasteiger partial charge on any atom is 0.253 e. The zero-order chi connectivity index (χ0) is 28.6. The van der Waals surface area contributed by atoms with E-state index in [1.807, 2.05) is 12.1 Å². The summed E-state index contributed by atoms with van der Waals surface area (Å²) in [6.07, 6.45) is 0.415. The Kier molecular flexibility index (Phi) is 9.74. The van der Waals surface area contributed by atoms with Gasteiger partial charge < -0.3 is 20.4 Å². The molecule has 0 bridgehead atoms. The van der Waals surface area contributed by atoms with Gasteiger partial charge in [0.25, 0.3) is 5.91 Å². The van der Waals surface area contributed by atoms with Crippen LogP contribution in [0.15, 0.2) is 83.3 Å². The first-order chi connectivity index (χ1) is 19.2. The van der Waals surface area contributed by atoms with Gasteiger partial charge in [-0.05, 0) is 73.9 Å². The van der Waals surface area contributed by atoms with Crippen molar-refractivity contribution in [2.24, 2.45) is 0 Å². The zero-order valence-electron chi connectivity index (χ0n) is 22.8. The van der Waals surface area contributed by atoms with E-state index in [0.29, 0.717) is 24.3 Å². The van der Waals surface area contributed by atoms with Crippen LogP contribution in [0.4, 0.5) is 4.39 Å². The van der Waals surface area contributed by atoms with Gasteiger partial charge in [-0.15, -0.1) is 0 Å². The van der Waals surface area contributed by atoms with Crippen molar-refractivity contribution in [3.63, 3.8) is 0 Å². The number of halogens is 2. The fourth-order valence-electron chi connectivity index (χ4n) is 4.38. The number of nitrogens with one attached hydrogen (secondary N) is 3. The van der Waals surface area contributed by atoms with Gasteiger partial charge in [0, 0.05) is 31.1 Å². The van der Waals surface area contributed by atoms with Crippen molar-refractivity contribution in [1.82, 2.24) is 16.0 Å². The van der Waals surface area contributed by atoms with Gasteiger partial charge in [-0.25, -0.2) is 4.39 Å². The number of benzene rings is 3. The van der Waals surface area contributed by atoms with Crippen LogP contribution >= 0.6 is 11.6 Å². The molecule has 0 saturated carbocycles. The van der Waals surface area contributed by atoms with Gasteiger partial charge in [-0.1, -0.05) is 53.6 Å². The molecule has 0 aliphatic heterocycles. The summed E-state index contributed by atoms with van der Waals surface area (Å²) in [6, 6.07) is 22.9. The van der Waals surface area contributed by atoms with Crippen molar-refractivity contribution >= 4 is 23.4 Å². The highest BCUT2D eigenvalue weighted by Crippen LogP contribution is 2.27. The van der Waals surface area contributed by atoms with Gasteiger partial charge in [-0.2, -0.15) is 0 Å². The number of carbonyl (C=O) groups is 2. The summed E-state index contributed by atoms with van der Waals surface area (Å²) >= 11 is 6.41. The molecule has 208 valence electrons. The molecule has 2 amide bonds. The Balaban J connectivity index is 1.45. The van der Waals surface area contributed by atoms with E-state index in [1.165, 1.54) is 30.3 Å². The second-order valence-corrected chi connectivity index (χ2v) is 10.3. The molecule has 2 atom stereocenters. The molecule has 3 aromatic carbocycles. The smallest absolute Gasteiger partial charge is 0.253 e. The molecular formula is C32H33ClFN3O3. The fourth-order valence-corrected chi connectivity index (χ4v) is 4.58. The highest BCUT2D eigenvalue weighted by Gasteiger charge is 2.20. The van der Waals surface area contributed by atoms with E-state index in [4.69, 9.17) is 16.0 Å². The van der Waals surface area contributed by atoms with Crippen molar-refractivity contribution in [2.75, 3.05) is 7.05 Å². The van der Waals surface area contributed by atoms with Crippen molar-refractivity contribution in [1.29, 1.82) is 0 Å². The third-order valence-corrected chi connectivity index (χ3v) is 7.09. The van der Waals surface area contributed by atoms with Crippen molar-refractivity contribution in [3.8, 4) is 11.3 Å².